The van der Waals surface area contributed by atoms with Crippen LogP contribution in [-0.2, 0) is 0 Å². The van der Waals surface area contributed by atoms with Gasteiger partial charge in [0.05, 0.1) is 15.6 Å². The van der Waals surface area contributed by atoms with E-state index in [1.165, 1.54) is 17.4 Å². The van der Waals surface area contributed by atoms with Gasteiger partial charge in [-0.05, 0) is 42.6 Å². The first-order chi connectivity index (χ1) is 14.6. The zero-order valence-corrected chi connectivity index (χ0v) is 16.9. The van der Waals surface area contributed by atoms with Gasteiger partial charge in [-0.3, -0.25) is 9.78 Å². The highest BCUT2D eigenvalue weighted by Crippen LogP contribution is 2.29. The molecular weight excluding hydrogens is 418 g/mol. The van der Waals surface area contributed by atoms with E-state index in [1.807, 2.05) is 54.6 Å². The Morgan fingerprint density at radius 2 is 1.90 bits per heavy atom. The third-order valence-corrected chi connectivity index (χ3v) is 5.61. The second-order valence-corrected chi connectivity index (χ2v) is 7.90. The Morgan fingerprint density at radius 3 is 2.73 bits per heavy atom. The number of para-hydroxylation sites is 2. The maximum atomic E-state index is 12.3. The Morgan fingerprint density at radius 1 is 1.10 bits per heavy atom. The SMILES string of the molecule is O=c1[nH]c(=S)[nH]c(O)c1/C=C1\C=c2ccccc2=N\C1=N\c1nc2ccccc2s1. The van der Waals surface area contributed by atoms with E-state index in [0.29, 0.717) is 16.5 Å². The van der Waals surface area contributed by atoms with Gasteiger partial charge in [-0.2, -0.15) is 4.99 Å². The van der Waals surface area contributed by atoms with Crippen molar-refractivity contribution in [1.29, 1.82) is 0 Å². The highest BCUT2D eigenvalue weighted by Gasteiger charge is 2.14. The molecule has 2 aromatic heterocycles. The van der Waals surface area contributed by atoms with Crippen LogP contribution in [0, 0.1) is 4.77 Å². The molecule has 146 valence electrons. The Kier molecular flexibility index (Phi) is 4.46. The lowest BCUT2D eigenvalue weighted by molar-refractivity contribution is 0.448. The van der Waals surface area contributed by atoms with Crippen molar-refractivity contribution in [1.82, 2.24) is 15.0 Å². The van der Waals surface area contributed by atoms with Gasteiger partial charge in [-0.25, -0.2) is 9.98 Å². The Balaban J connectivity index is 1.74. The fourth-order valence-corrected chi connectivity index (χ4v) is 4.12. The first-order valence-electron chi connectivity index (χ1n) is 8.94. The molecule has 0 spiro atoms. The van der Waals surface area contributed by atoms with E-state index in [0.717, 1.165) is 20.8 Å². The van der Waals surface area contributed by atoms with Gasteiger partial charge in [-0.15, -0.1) is 0 Å². The van der Waals surface area contributed by atoms with Crippen LogP contribution in [0.2, 0.25) is 0 Å². The molecule has 0 saturated carbocycles. The number of fused-ring (bicyclic) bond motifs is 2. The van der Waals surface area contributed by atoms with Gasteiger partial charge in [-0.1, -0.05) is 41.7 Å². The van der Waals surface area contributed by atoms with Crippen molar-refractivity contribution < 1.29 is 5.11 Å². The number of nitrogens with one attached hydrogen (secondary N) is 2. The lowest BCUT2D eigenvalue weighted by Crippen LogP contribution is -2.30. The number of hydrogen-bond acceptors (Lipinski definition) is 6. The fraction of sp³-hybridized carbons (Fsp3) is 0. The summed E-state index contributed by atoms with van der Waals surface area (Å²) in [4.78, 5) is 31.2. The number of aliphatic imine (C=N–C) groups is 1. The summed E-state index contributed by atoms with van der Waals surface area (Å²) in [5.74, 6) is 0.0804. The van der Waals surface area contributed by atoms with E-state index in [9.17, 15) is 9.90 Å². The number of aromatic amines is 2. The highest BCUT2D eigenvalue weighted by molar-refractivity contribution is 7.71. The van der Waals surface area contributed by atoms with E-state index in [1.54, 1.807) is 0 Å². The van der Waals surface area contributed by atoms with Crippen LogP contribution >= 0.6 is 23.6 Å². The maximum absolute atomic E-state index is 12.3. The van der Waals surface area contributed by atoms with Gasteiger partial charge >= 0.3 is 0 Å². The maximum Gasteiger partial charge on any atom is 0.262 e. The molecule has 0 aliphatic carbocycles. The van der Waals surface area contributed by atoms with E-state index in [2.05, 4.69) is 24.9 Å². The van der Waals surface area contributed by atoms with Crippen molar-refractivity contribution in [2.24, 2.45) is 9.98 Å². The molecule has 0 atom stereocenters. The van der Waals surface area contributed by atoms with Crippen LogP contribution in [0.25, 0.3) is 22.4 Å². The largest absolute Gasteiger partial charge is 0.494 e. The number of amidine groups is 1. The standard InChI is InChI=1S/C21H13N5O2S2/c27-18-13(19(28)26-20(29)25-18)10-12-9-11-5-1-2-6-14(11)22-17(12)24-21-23-15-7-3-4-8-16(15)30-21/h1-10H,(H3,25,26,27,28,29)/b12-10+,24-17+. The monoisotopic (exact) mass is 431 g/mol. The number of thiazole rings is 1. The second-order valence-electron chi connectivity index (χ2n) is 6.48. The number of hydrogen-bond donors (Lipinski definition) is 3. The number of aromatic hydroxyl groups is 1. The zero-order chi connectivity index (χ0) is 20.7. The molecule has 0 amide bonds. The van der Waals surface area contributed by atoms with Crippen LogP contribution in [0.3, 0.4) is 0 Å². The van der Waals surface area contributed by atoms with E-state index in [-0.39, 0.29) is 16.2 Å². The molecule has 0 saturated heterocycles. The first-order valence-corrected chi connectivity index (χ1v) is 10.2. The van der Waals surface area contributed by atoms with Crippen LogP contribution in [0.5, 0.6) is 5.88 Å². The third kappa shape index (κ3) is 3.40. The molecule has 1 aliphatic heterocycles. The number of H-pyrrole nitrogens is 2. The minimum absolute atomic E-state index is 0.0430. The number of benzene rings is 2. The molecule has 7 nitrogen and oxygen atoms in total. The molecule has 9 heteroatoms. The zero-order valence-electron chi connectivity index (χ0n) is 15.3. The molecule has 0 bridgehead atoms. The topological polar surface area (TPSA) is 106 Å². The summed E-state index contributed by atoms with van der Waals surface area (Å²) < 4.78 is 1.07. The van der Waals surface area contributed by atoms with Crippen LogP contribution in [-0.4, -0.2) is 25.9 Å². The van der Waals surface area contributed by atoms with Crippen molar-refractivity contribution in [3.8, 4) is 5.88 Å². The smallest absolute Gasteiger partial charge is 0.262 e. The fourth-order valence-electron chi connectivity index (χ4n) is 3.09. The van der Waals surface area contributed by atoms with Gasteiger partial charge in [0.15, 0.2) is 10.6 Å². The highest BCUT2D eigenvalue weighted by atomic mass is 32.1. The Labute approximate surface area is 178 Å². The van der Waals surface area contributed by atoms with Crippen molar-refractivity contribution in [2.45, 2.75) is 0 Å². The number of rotatable bonds is 2. The van der Waals surface area contributed by atoms with Crippen LogP contribution in [0.4, 0.5) is 5.13 Å². The van der Waals surface area contributed by atoms with Crippen molar-refractivity contribution >= 4 is 56.9 Å². The van der Waals surface area contributed by atoms with Crippen molar-refractivity contribution in [2.75, 3.05) is 0 Å². The summed E-state index contributed by atoms with van der Waals surface area (Å²) in [6.45, 7) is 0. The summed E-state index contributed by atoms with van der Waals surface area (Å²) in [7, 11) is 0. The molecule has 3 heterocycles. The van der Waals surface area contributed by atoms with E-state index >= 15 is 0 Å². The number of nitrogens with zero attached hydrogens (tertiary/aromatic N) is 3. The van der Waals surface area contributed by atoms with Gasteiger partial charge in [0.25, 0.3) is 5.56 Å². The van der Waals surface area contributed by atoms with E-state index in [4.69, 9.17) is 12.2 Å². The van der Waals surface area contributed by atoms with Gasteiger partial charge in [0.2, 0.25) is 11.0 Å². The van der Waals surface area contributed by atoms with Crippen LogP contribution < -0.4 is 16.1 Å². The average Bonchev–Trinajstić information content (AvgIpc) is 3.13. The van der Waals surface area contributed by atoms with Gasteiger partial charge in [0.1, 0.15) is 5.56 Å². The summed E-state index contributed by atoms with van der Waals surface area (Å²) in [5.41, 5.74) is 0.966. The Hall–Kier alpha value is -3.69. The molecule has 2 aromatic carbocycles. The quantitative estimate of drug-likeness (QED) is 0.424. The summed E-state index contributed by atoms with van der Waals surface area (Å²) in [5, 5.41) is 12.4. The normalized spacial score (nSPS) is 15.7. The van der Waals surface area contributed by atoms with E-state index < -0.39 is 5.56 Å². The van der Waals surface area contributed by atoms with Gasteiger partial charge in [0, 0.05) is 10.8 Å². The molecule has 0 fully saturated rings. The number of aromatic nitrogens is 3. The van der Waals surface area contributed by atoms with Crippen LogP contribution in [0.15, 0.2) is 68.9 Å². The molecule has 3 N–H and O–H groups in total. The molecule has 1 aliphatic rings. The van der Waals surface area contributed by atoms with Crippen LogP contribution in [0.1, 0.15) is 5.56 Å². The summed E-state index contributed by atoms with van der Waals surface area (Å²) in [6.07, 6.45) is 3.40. The minimum Gasteiger partial charge on any atom is -0.494 e. The third-order valence-electron chi connectivity index (χ3n) is 4.48. The summed E-state index contributed by atoms with van der Waals surface area (Å²) in [6, 6.07) is 15.4. The predicted molar refractivity (Wildman–Crippen MR) is 120 cm³/mol. The minimum atomic E-state index is -0.504. The summed E-state index contributed by atoms with van der Waals surface area (Å²) >= 11 is 6.35. The molecular formula is C21H13N5O2S2. The molecule has 0 unspecified atom stereocenters. The van der Waals surface area contributed by atoms with Gasteiger partial charge < -0.3 is 10.1 Å². The Bertz CT molecular complexity index is 1580. The molecule has 5 rings (SSSR count). The molecule has 0 radical (unpaired) electrons. The van der Waals surface area contributed by atoms with Crippen molar-refractivity contribution in [3.05, 3.63) is 85.4 Å². The average molecular weight is 432 g/mol. The predicted octanol–water partition coefficient (Wildman–Crippen LogP) is 2.98. The second kappa shape index (κ2) is 7.29. The van der Waals surface area contributed by atoms with Crippen molar-refractivity contribution in [3.63, 3.8) is 0 Å². The first kappa shape index (κ1) is 18.3. The molecule has 30 heavy (non-hydrogen) atoms. The molecule has 4 aromatic rings. The lowest BCUT2D eigenvalue weighted by Gasteiger charge is -2.08. The lowest BCUT2D eigenvalue weighted by atomic mass is 10.1.